The molecule has 2 aromatic rings. The molecule has 4 rings (SSSR count). The van der Waals surface area contributed by atoms with Crippen LogP contribution in [0.4, 0.5) is 0 Å². The predicted octanol–water partition coefficient (Wildman–Crippen LogP) is 4.37. The molecular weight excluding hydrogens is 396 g/mol. The molecule has 160 valence electrons. The SMILES string of the molecule is Cc1ccc(S(=O)(=O)N2CCCCCC2)cc1C(=O)NC1CCCc2ccccc21. The molecule has 1 aliphatic carbocycles. The number of sulfonamides is 1. The van der Waals surface area contributed by atoms with Crippen molar-refractivity contribution in [3.05, 3.63) is 64.7 Å². The van der Waals surface area contributed by atoms with Gasteiger partial charge in [0, 0.05) is 18.7 Å². The lowest BCUT2D eigenvalue weighted by atomic mass is 9.87. The highest BCUT2D eigenvalue weighted by atomic mass is 32.2. The zero-order chi connectivity index (χ0) is 21.1. The van der Waals surface area contributed by atoms with E-state index in [0.717, 1.165) is 50.5 Å². The molecular formula is C24H30N2O3S. The van der Waals surface area contributed by atoms with Crippen molar-refractivity contribution < 1.29 is 13.2 Å². The minimum absolute atomic E-state index is 0.0345. The molecule has 0 aromatic heterocycles. The largest absolute Gasteiger partial charge is 0.345 e. The lowest BCUT2D eigenvalue weighted by Crippen LogP contribution is -2.33. The Balaban J connectivity index is 1.58. The van der Waals surface area contributed by atoms with Crippen LogP contribution in [0, 0.1) is 6.92 Å². The van der Waals surface area contributed by atoms with E-state index in [4.69, 9.17) is 0 Å². The number of carbonyl (C=O) groups excluding carboxylic acids is 1. The van der Waals surface area contributed by atoms with E-state index in [1.54, 1.807) is 22.5 Å². The summed E-state index contributed by atoms with van der Waals surface area (Å²) in [6.07, 6.45) is 6.87. The molecule has 0 radical (unpaired) electrons. The fourth-order valence-electron chi connectivity index (χ4n) is 4.58. The minimum atomic E-state index is -3.59. The van der Waals surface area contributed by atoms with Gasteiger partial charge < -0.3 is 5.32 Å². The van der Waals surface area contributed by atoms with E-state index < -0.39 is 10.0 Å². The molecule has 1 heterocycles. The highest BCUT2D eigenvalue weighted by Gasteiger charge is 2.27. The third-order valence-electron chi connectivity index (χ3n) is 6.33. The average Bonchev–Trinajstić information content (AvgIpc) is 3.04. The van der Waals surface area contributed by atoms with Crippen molar-refractivity contribution in [2.75, 3.05) is 13.1 Å². The summed E-state index contributed by atoms with van der Waals surface area (Å²) < 4.78 is 27.9. The zero-order valence-corrected chi connectivity index (χ0v) is 18.4. The van der Waals surface area contributed by atoms with Crippen molar-refractivity contribution in [1.29, 1.82) is 0 Å². The Bertz CT molecular complexity index is 1020. The normalized spacial score (nSPS) is 20.2. The van der Waals surface area contributed by atoms with E-state index in [9.17, 15) is 13.2 Å². The lowest BCUT2D eigenvalue weighted by molar-refractivity contribution is 0.0932. The average molecular weight is 427 g/mol. The number of nitrogens with zero attached hydrogens (tertiary/aromatic N) is 1. The summed E-state index contributed by atoms with van der Waals surface area (Å²) in [7, 11) is -3.59. The summed E-state index contributed by atoms with van der Waals surface area (Å²) in [6, 6.07) is 13.1. The molecule has 6 heteroatoms. The van der Waals surface area contributed by atoms with Crippen LogP contribution >= 0.6 is 0 Å². The summed E-state index contributed by atoms with van der Waals surface area (Å²) in [5.74, 6) is -0.206. The quantitative estimate of drug-likeness (QED) is 0.790. The van der Waals surface area contributed by atoms with Gasteiger partial charge in [0.15, 0.2) is 0 Å². The third kappa shape index (κ3) is 4.30. The van der Waals surface area contributed by atoms with Crippen molar-refractivity contribution in [3.63, 3.8) is 0 Å². The fraction of sp³-hybridized carbons (Fsp3) is 0.458. The van der Waals surface area contributed by atoms with Crippen molar-refractivity contribution in [2.45, 2.75) is 62.8 Å². The first-order valence-electron chi connectivity index (χ1n) is 11.0. The van der Waals surface area contributed by atoms with E-state index in [2.05, 4.69) is 17.4 Å². The number of rotatable bonds is 4. The van der Waals surface area contributed by atoms with Crippen molar-refractivity contribution in [1.82, 2.24) is 9.62 Å². The molecule has 1 atom stereocenters. The number of nitrogens with one attached hydrogen (secondary N) is 1. The maximum Gasteiger partial charge on any atom is 0.252 e. The standard InChI is InChI=1S/C24H30N2O3S/c1-18-13-14-20(30(28,29)26-15-6-2-3-7-16-26)17-22(18)24(27)25-23-12-8-10-19-9-4-5-11-21(19)23/h4-5,9,11,13-14,17,23H,2-3,6-8,10,12,15-16H2,1H3,(H,25,27). The fourth-order valence-corrected chi connectivity index (χ4v) is 6.12. The van der Waals surface area contributed by atoms with Crippen LogP contribution in [-0.2, 0) is 16.4 Å². The highest BCUT2D eigenvalue weighted by Crippen LogP contribution is 2.30. The summed E-state index contributed by atoms with van der Waals surface area (Å²) >= 11 is 0. The van der Waals surface area contributed by atoms with Gasteiger partial charge in [0.2, 0.25) is 10.0 Å². The summed E-state index contributed by atoms with van der Waals surface area (Å²) in [6.45, 7) is 2.96. The molecule has 2 aliphatic rings. The molecule has 1 saturated heterocycles. The Hall–Kier alpha value is -2.18. The van der Waals surface area contributed by atoms with Crippen molar-refractivity contribution in [2.24, 2.45) is 0 Å². The Kier molecular flexibility index (Phi) is 6.25. The van der Waals surface area contributed by atoms with Crippen LogP contribution in [0.5, 0.6) is 0 Å². The molecule has 0 bridgehead atoms. The summed E-state index contributed by atoms with van der Waals surface area (Å²) in [5.41, 5.74) is 3.67. The van der Waals surface area contributed by atoms with Crippen LogP contribution in [-0.4, -0.2) is 31.7 Å². The van der Waals surface area contributed by atoms with E-state index in [1.807, 2.05) is 19.1 Å². The number of fused-ring (bicyclic) bond motifs is 1. The number of aryl methyl sites for hydroxylation is 2. The number of benzene rings is 2. The number of hydrogen-bond acceptors (Lipinski definition) is 3. The predicted molar refractivity (Wildman–Crippen MR) is 118 cm³/mol. The van der Waals surface area contributed by atoms with E-state index in [-0.39, 0.29) is 16.8 Å². The molecule has 1 amide bonds. The van der Waals surface area contributed by atoms with Gasteiger partial charge in [0.25, 0.3) is 5.91 Å². The summed E-state index contributed by atoms with van der Waals surface area (Å²) in [5, 5.41) is 3.15. The van der Waals surface area contributed by atoms with Crippen molar-refractivity contribution >= 4 is 15.9 Å². The van der Waals surface area contributed by atoms with Crippen LogP contribution in [0.3, 0.4) is 0 Å². The topological polar surface area (TPSA) is 66.5 Å². The first-order valence-corrected chi connectivity index (χ1v) is 12.4. The second-order valence-electron chi connectivity index (χ2n) is 8.41. The molecule has 1 fully saturated rings. The number of hydrogen-bond donors (Lipinski definition) is 1. The van der Waals surface area contributed by atoms with E-state index in [1.165, 1.54) is 11.1 Å². The van der Waals surface area contributed by atoms with Gasteiger partial charge in [-0.1, -0.05) is 43.2 Å². The monoisotopic (exact) mass is 426 g/mol. The van der Waals surface area contributed by atoms with Crippen LogP contribution in [0.1, 0.15) is 71.6 Å². The Labute approximate surface area is 179 Å². The summed E-state index contributed by atoms with van der Waals surface area (Å²) in [4.78, 5) is 13.3. The van der Waals surface area contributed by atoms with Gasteiger partial charge in [-0.3, -0.25) is 4.79 Å². The maximum absolute atomic E-state index is 13.2. The molecule has 30 heavy (non-hydrogen) atoms. The number of carbonyl (C=O) groups is 1. The molecule has 2 aromatic carbocycles. The molecule has 1 N–H and O–H groups in total. The zero-order valence-electron chi connectivity index (χ0n) is 17.6. The molecule has 1 unspecified atom stereocenters. The third-order valence-corrected chi connectivity index (χ3v) is 8.23. The van der Waals surface area contributed by atoms with Gasteiger partial charge in [-0.05, 0) is 67.9 Å². The maximum atomic E-state index is 13.2. The van der Waals surface area contributed by atoms with Gasteiger partial charge in [0.1, 0.15) is 0 Å². The van der Waals surface area contributed by atoms with Crippen LogP contribution < -0.4 is 5.32 Å². The van der Waals surface area contributed by atoms with Gasteiger partial charge in [-0.15, -0.1) is 0 Å². The molecule has 5 nitrogen and oxygen atoms in total. The Morgan fingerprint density at radius 3 is 2.50 bits per heavy atom. The number of amides is 1. The van der Waals surface area contributed by atoms with Crippen molar-refractivity contribution in [3.8, 4) is 0 Å². The second kappa shape index (κ2) is 8.90. The van der Waals surface area contributed by atoms with E-state index in [0.29, 0.717) is 18.7 Å². The molecule has 0 spiro atoms. The van der Waals surface area contributed by atoms with Gasteiger partial charge in [-0.25, -0.2) is 8.42 Å². The Morgan fingerprint density at radius 1 is 1.00 bits per heavy atom. The highest BCUT2D eigenvalue weighted by molar-refractivity contribution is 7.89. The van der Waals surface area contributed by atoms with Gasteiger partial charge in [0.05, 0.1) is 10.9 Å². The molecule has 0 saturated carbocycles. The van der Waals surface area contributed by atoms with Gasteiger partial charge in [-0.2, -0.15) is 4.31 Å². The second-order valence-corrected chi connectivity index (χ2v) is 10.4. The smallest absolute Gasteiger partial charge is 0.252 e. The minimum Gasteiger partial charge on any atom is -0.345 e. The lowest BCUT2D eigenvalue weighted by Gasteiger charge is -2.27. The van der Waals surface area contributed by atoms with Crippen LogP contribution in [0.15, 0.2) is 47.4 Å². The molecule has 1 aliphatic heterocycles. The van der Waals surface area contributed by atoms with Gasteiger partial charge >= 0.3 is 0 Å². The first-order chi connectivity index (χ1) is 14.5. The van der Waals surface area contributed by atoms with Crippen LogP contribution in [0.25, 0.3) is 0 Å². The first kappa shape index (κ1) is 21.1. The Morgan fingerprint density at radius 2 is 1.73 bits per heavy atom. The van der Waals surface area contributed by atoms with E-state index >= 15 is 0 Å². The van der Waals surface area contributed by atoms with Crippen LogP contribution in [0.2, 0.25) is 0 Å².